The number of unbranched alkanes of at least 4 members (excludes halogenated alkanes) is 3. The van der Waals surface area contributed by atoms with Crippen LogP contribution in [0.25, 0.3) is 32.9 Å². The third-order valence-electron chi connectivity index (χ3n) is 11.3. The highest BCUT2D eigenvalue weighted by Crippen LogP contribution is 2.34. The summed E-state index contributed by atoms with van der Waals surface area (Å²) in [5, 5.41) is 4.54. The Morgan fingerprint density at radius 3 is 2.22 bits per heavy atom. The molecule has 13 nitrogen and oxygen atoms in total. The Labute approximate surface area is 340 Å². The van der Waals surface area contributed by atoms with Gasteiger partial charge in [-0.3, -0.25) is 34.4 Å². The number of piperidine rings is 1. The number of nitrogens with zero attached hydrogens (tertiary/aromatic N) is 4. The molecular weight excluding hydrogens is 751 g/mol. The molecule has 1 unspecified atom stereocenters. The zero-order chi connectivity index (χ0) is 40.5. The van der Waals surface area contributed by atoms with Crippen molar-refractivity contribution in [3.63, 3.8) is 0 Å². The predicted octanol–water partition coefficient (Wildman–Crippen LogP) is 7.20. The Morgan fingerprint density at radius 2 is 1.44 bits per heavy atom. The topological polar surface area (TPSA) is 151 Å². The van der Waals surface area contributed by atoms with Crippen LogP contribution in [0, 0.1) is 0 Å². The molecule has 3 aromatic carbocycles. The number of ether oxygens (including phenoxy) is 4. The van der Waals surface area contributed by atoms with Gasteiger partial charge in [0, 0.05) is 78.9 Å². The third-order valence-corrected chi connectivity index (χ3v) is 11.3. The van der Waals surface area contributed by atoms with Crippen LogP contribution >= 0.6 is 0 Å². The van der Waals surface area contributed by atoms with Gasteiger partial charge in [-0.05, 0) is 86.2 Å². The van der Waals surface area contributed by atoms with E-state index in [4.69, 9.17) is 18.9 Å². The maximum atomic E-state index is 13.1. The summed E-state index contributed by atoms with van der Waals surface area (Å²) in [6, 6.07) is 24.0. The normalized spacial score (nSPS) is 18.8. The standard InChI is InChI=1S/C46H43N5O8/c1-50-39-17-18-47-27-38(39)35-12-9-28(21-41(35)50)29-10-16-43(48-26-29)59-34-23-33(24-34)58-32-8-6-7-30(22-32)56-19-4-2-3-5-20-57-31-11-13-36-37(25-31)46(55)51(45(36)54)40-14-15-42(52)49-44(40)53/h6-13,16-18,21-22,25-27,33-34,40H,2-5,14-15,19-20,23-24H2,1H3,(H,49,52,53)/t33-,34-,40?. The Balaban J connectivity index is 0.664. The first-order valence-corrected chi connectivity index (χ1v) is 20.1. The first-order chi connectivity index (χ1) is 28.8. The summed E-state index contributed by atoms with van der Waals surface area (Å²) >= 11 is 0. The van der Waals surface area contributed by atoms with Crippen molar-refractivity contribution in [1.29, 1.82) is 0 Å². The van der Waals surface area contributed by atoms with Crippen LogP contribution in [0.1, 0.15) is 72.1 Å². The number of pyridine rings is 2. The van der Waals surface area contributed by atoms with Crippen LogP contribution in [0.3, 0.4) is 0 Å². The van der Waals surface area contributed by atoms with E-state index in [9.17, 15) is 19.2 Å². The maximum absolute atomic E-state index is 13.1. The minimum absolute atomic E-state index is 0.0463. The van der Waals surface area contributed by atoms with Crippen LogP contribution in [-0.4, -0.2) is 74.5 Å². The molecule has 0 radical (unpaired) electrons. The summed E-state index contributed by atoms with van der Waals surface area (Å²) < 4.78 is 26.5. The number of amides is 4. The zero-order valence-corrected chi connectivity index (χ0v) is 32.6. The van der Waals surface area contributed by atoms with E-state index in [1.165, 1.54) is 5.39 Å². The molecule has 2 fully saturated rings. The number of imide groups is 2. The van der Waals surface area contributed by atoms with E-state index in [2.05, 4.69) is 51.2 Å². The van der Waals surface area contributed by atoms with Gasteiger partial charge in [0.05, 0.1) is 29.9 Å². The summed E-state index contributed by atoms with van der Waals surface area (Å²) in [5.74, 6) is 0.499. The van der Waals surface area contributed by atoms with Gasteiger partial charge >= 0.3 is 0 Å². The third kappa shape index (κ3) is 7.80. The smallest absolute Gasteiger partial charge is 0.262 e. The predicted molar refractivity (Wildman–Crippen MR) is 219 cm³/mol. The van der Waals surface area contributed by atoms with Gasteiger partial charge in [0.2, 0.25) is 17.7 Å². The fourth-order valence-electron chi connectivity index (χ4n) is 8.04. The molecule has 3 aromatic heterocycles. The average Bonchev–Trinajstić information content (AvgIpc) is 3.66. The summed E-state index contributed by atoms with van der Waals surface area (Å²) in [6.45, 7) is 1.03. The van der Waals surface area contributed by atoms with Crippen molar-refractivity contribution in [3.8, 4) is 34.3 Å². The number of hydrogen-bond acceptors (Lipinski definition) is 10. The van der Waals surface area contributed by atoms with E-state index >= 15 is 0 Å². The van der Waals surface area contributed by atoms with Crippen molar-refractivity contribution in [3.05, 3.63) is 109 Å². The Bertz CT molecular complexity index is 2580. The lowest BCUT2D eigenvalue weighted by molar-refractivity contribution is -0.136. The van der Waals surface area contributed by atoms with Crippen molar-refractivity contribution < 1.29 is 38.1 Å². The Kier molecular flexibility index (Phi) is 10.4. The minimum atomic E-state index is -0.995. The van der Waals surface area contributed by atoms with Crippen LogP contribution in [0.2, 0.25) is 0 Å². The summed E-state index contributed by atoms with van der Waals surface area (Å²) in [5.41, 5.74) is 4.87. The van der Waals surface area contributed by atoms with Crippen molar-refractivity contribution in [2.45, 2.75) is 69.6 Å². The first kappa shape index (κ1) is 37.8. The molecule has 2 aliphatic heterocycles. The lowest BCUT2D eigenvalue weighted by Crippen LogP contribution is -2.54. The van der Waals surface area contributed by atoms with Gasteiger partial charge in [0.25, 0.3) is 11.8 Å². The molecule has 1 saturated heterocycles. The fraction of sp³-hybridized carbons (Fsp3) is 0.304. The summed E-state index contributed by atoms with van der Waals surface area (Å²) in [7, 11) is 2.08. The SMILES string of the molecule is Cn1c2ccncc2c2ccc(-c3ccc(O[C@H]4C[C@H](Oc5cccc(OCCCCCCOc6ccc7c(c6)C(=O)N(C6CCC(=O)NC6=O)C7=O)c5)C4)nc3)cc21. The number of hydrogen-bond donors (Lipinski definition) is 1. The van der Waals surface area contributed by atoms with E-state index in [0.717, 1.165) is 82.5 Å². The molecule has 300 valence electrons. The molecule has 9 rings (SSSR count). The number of rotatable bonds is 15. The highest BCUT2D eigenvalue weighted by atomic mass is 16.5. The van der Waals surface area contributed by atoms with Crippen molar-refractivity contribution in [1.82, 2.24) is 24.8 Å². The Morgan fingerprint density at radius 1 is 0.695 bits per heavy atom. The minimum Gasteiger partial charge on any atom is -0.494 e. The number of aryl methyl sites for hydroxylation is 1. The molecule has 59 heavy (non-hydrogen) atoms. The monoisotopic (exact) mass is 793 g/mol. The van der Waals surface area contributed by atoms with Gasteiger partial charge in [0.1, 0.15) is 35.5 Å². The summed E-state index contributed by atoms with van der Waals surface area (Å²) in [6.07, 6.45) is 11.0. The molecule has 0 spiro atoms. The van der Waals surface area contributed by atoms with E-state index in [0.29, 0.717) is 24.8 Å². The molecule has 5 heterocycles. The molecule has 4 amide bonds. The second-order valence-electron chi connectivity index (χ2n) is 15.3. The van der Waals surface area contributed by atoms with Gasteiger partial charge in [-0.25, -0.2) is 4.98 Å². The van der Waals surface area contributed by atoms with Gasteiger partial charge in [-0.15, -0.1) is 0 Å². The number of benzene rings is 3. The molecule has 13 heteroatoms. The highest BCUT2D eigenvalue weighted by Gasteiger charge is 2.44. The molecule has 0 bridgehead atoms. The number of fused-ring (bicyclic) bond motifs is 4. The molecule has 3 aliphatic rings. The number of carbonyl (C=O) groups is 4. The van der Waals surface area contributed by atoms with Gasteiger partial charge in [-0.2, -0.15) is 0 Å². The lowest BCUT2D eigenvalue weighted by Gasteiger charge is -2.35. The molecule has 1 N–H and O–H groups in total. The van der Waals surface area contributed by atoms with Crippen molar-refractivity contribution in [2.75, 3.05) is 13.2 Å². The number of aromatic nitrogens is 3. The van der Waals surface area contributed by atoms with Crippen LogP contribution in [-0.2, 0) is 16.6 Å². The second-order valence-corrected chi connectivity index (χ2v) is 15.3. The largest absolute Gasteiger partial charge is 0.494 e. The van der Waals surface area contributed by atoms with Crippen molar-refractivity contribution in [2.24, 2.45) is 7.05 Å². The van der Waals surface area contributed by atoms with Crippen molar-refractivity contribution >= 4 is 45.4 Å². The summed E-state index contributed by atoms with van der Waals surface area (Å²) in [4.78, 5) is 59.7. The van der Waals surface area contributed by atoms with Gasteiger partial charge in [0.15, 0.2) is 0 Å². The van der Waals surface area contributed by atoms with Crippen LogP contribution in [0.5, 0.6) is 23.1 Å². The first-order valence-electron chi connectivity index (χ1n) is 20.1. The van der Waals surface area contributed by atoms with Gasteiger partial charge < -0.3 is 23.5 Å². The number of nitrogens with one attached hydrogen (secondary N) is 1. The van der Waals surface area contributed by atoms with E-state index in [-0.39, 0.29) is 36.2 Å². The van der Waals surface area contributed by atoms with Gasteiger partial charge in [-0.1, -0.05) is 18.2 Å². The highest BCUT2D eigenvalue weighted by molar-refractivity contribution is 6.23. The molecular formula is C46H43N5O8. The number of carbonyl (C=O) groups excluding carboxylic acids is 4. The fourth-order valence-corrected chi connectivity index (χ4v) is 8.04. The maximum Gasteiger partial charge on any atom is 0.262 e. The molecule has 1 aliphatic carbocycles. The molecule has 1 saturated carbocycles. The van der Waals surface area contributed by atoms with E-state index in [1.54, 1.807) is 18.2 Å². The average molecular weight is 794 g/mol. The lowest BCUT2D eigenvalue weighted by atomic mass is 9.92. The van der Waals surface area contributed by atoms with Crippen LogP contribution in [0.15, 0.2) is 97.5 Å². The molecule has 1 atom stereocenters. The van der Waals surface area contributed by atoms with E-state index < -0.39 is 29.7 Å². The molecule has 6 aromatic rings. The Hall–Kier alpha value is -6.76. The van der Waals surface area contributed by atoms with Crippen LogP contribution in [0.4, 0.5) is 0 Å². The van der Waals surface area contributed by atoms with E-state index in [1.807, 2.05) is 55.0 Å². The second kappa shape index (κ2) is 16.2. The van der Waals surface area contributed by atoms with Crippen LogP contribution < -0.4 is 24.3 Å². The zero-order valence-electron chi connectivity index (χ0n) is 32.6. The quantitative estimate of drug-likeness (QED) is 0.0836.